The average molecular weight is 325 g/mol. The van der Waals surface area contributed by atoms with Crippen LogP contribution in [0.4, 0.5) is 0 Å². The Morgan fingerprint density at radius 1 is 1.43 bits per heavy atom. The Bertz CT molecular complexity index is 676. The summed E-state index contributed by atoms with van der Waals surface area (Å²) in [6.07, 6.45) is 0. The number of ether oxygens (including phenoxy) is 1. The second kappa shape index (κ2) is 5.95. The molecule has 3 rings (SSSR count). The van der Waals surface area contributed by atoms with Crippen molar-refractivity contribution in [2.75, 3.05) is 17.3 Å². The van der Waals surface area contributed by atoms with Crippen LogP contribution < -0.4 is 9.75 Å². The summed E-state index contributed by atoms with van der Waals surface area (Å²) in [5.74, 6) is 1.92. The monoisotopic (exact) mass is 324 g/mol. The lowest BCUT2D eigenvalue weighted by Gasteiger charge is -2.27. The molecule has 110 valence electrons. The van der Waals surface area contributed by atoms with Gasteiger partial charge in [0.25, 0.3) is 0 Å². The molecular formula is C13H13ClN4O2S. The number of benzene rings is 1. The van der Waals surface area contributed by atoms with Gasteiger partial charge in [0.2, 0.25) is 11.1 Å². The molecule has 8 heteroatoms. The molecule has 2 heterocycles. The summed E-state index contributed by atoms with van der Waals surface area (Å²) in [5.41, 5.74) is 0. The summed E-state index contributed by atoms with van der Waals surface area (Å²) in [4.78, 5) is 11.7. The molecule has 0 aliphatic carbocycles. The van der Waals surface area contributed by atoms with Gasteiger partial charge in [0.1, 0.15) is 12.4 Å². The van der Waals surface area contributed by atoms with Gasteiger partial charge in [0, 0.05) is 12.7 Å². The van der Waals surface area contributed by atoms with Gasteiger partial charge in [-0.05, 0) is 12.1 Å². The first kappa shape index (κ1) is 14.2. The van der Waals surface area contributed by atoms with Crippen molar-refractivity contribution in [3.63, 3.8) is 0 Å². The van der Waals surface area contributed by atoms with Crippen LogP contribution in [0.25, 0.3) is 0 Å². The summed E-state index contributed by atoms with van der Waals surface area (Å²) >= 11 is 7.62. The van der Waals surface area contributed by atoms with Crippen molar-refractivity contribution < 1.29 is 9.53 Å². The number of nitrogens with zero attached hydrogens (tertiary/aromatic N) is 4. The van der Waals surface area contributed by atoms with E-state index in [0.717, 1.165) is 5.75 Å². The fourth-order valence-corrected chi connectivity index (χ4v) is 3.11. The molecule has 0 N–H and O–H groups in total. The van der Waals surface area contributed by atoms with Crippen LogP contribution in [0.15, 0.2) is 29.4 Å². The lowest BCUT2D eigenvalue weighted by Crippen LogP contribution is -2.44. The fraction of sp³-hybridized carbons (Fsp3) is 0.308. The lowest BCUT2D eigenvalue weighted by molar-refractivity contribution is -0.118. The molecule has 0 saturated heterocycles. The van der Waals surface area contributed by atoms with Crippen molar-refractivity contribution in [1.29, 1.82) is 0 Å². The number of halogens is 1. The van der Waals surface area contributed by atoms with Crippen LogP contribution in [-0.2, 0) is 11.4 Å². The summed E-state index contributed by atoms with van der Waals surface area (Å²) in [5, 5.41) is 11.1. The first-order valence-electron chi connectivity index (χ1n) is 6.39. The topological polar surface area (TPSA) is 60.3 Å². The Hall–Kier alpha value is -1.73. The zero-order chi connectivity index (χ0) is 14.8. The highest BCUT2D eigenvalue weighted by Crippen LogP contribution is 2.26. The quantitative estimate of drug-likeness (QED) is 0.865. The zero-order valence-corrected chi connectivity index (χ0v) is 12.9. The number of aromatic nitrogens is 3. The van der Waals surface area contributed by atoms with E-state index in [4.69, 9.17) is 16.3 Å². The molecule has 0 atom stereocenters. The highest BCUT2D eigenvalue weighted by molar-refractivity contribution is 7.99. The maximum absolute atomic E-state index is 11.7. The fourth-order valence-electron chi connectivity index (χ4n) is 2.04. The predicted octanol–water partition coefficient (Wildman–Crippen LogP) is 2.10. The van der Waals surface area contributed by atoms with E-state index in [0.29, 0.717) is 28.3 Å². The van der Waals surface area contributed by atoms with E-state index in [-0.39, 0.29) is 12.5 Å². The van der Waals surface area contributed by atoms with Crippen LogP contribution in [0.1, 0.15) is 12.7 Å². The maximum atomic E-state index is 11.7. The smallest absolute Gasteiger partial charge is 0.238 e. The molecule has 1 aromatic heterocycles. The third kappa shape index (κ3) is 2.84. The molecule has 0 radical (unpaired) electrons. The minimum atomic E-state index is -0.0460. The van der Waals surface area contributed by atoms with E-state index < -0.39 is 0 Å². The lowest BCUT2D eigenvalue weighted by atomic mass is 10.3. The van der Waals surface area contributed by atoms with Gasteiger partial charge >= 0.3 is 0 Å². The van der Waals surface area contributed by atoms with Crippen molar-refractivity contribution in [3.8, 4) is 5.75 Å². The number of carbonyl (C=O) groups is 1. The van der Waals surface area contributed by atoms with E-state index in [1.165, 1.54) is 6.92 Å². The van der Waals surface area contributed by atoms with Crippen LogP contribution in [0, 0.1) is 0 Å². The second-order valence-corrected chi connectivity index (χ2v) is 5.89. The van der Waals surface area contributed by atoms with Crippen molar-refractivity contribution in [2.45, 2.75) is 18.7 Å². The van der Waals surface area contributed by atoms with E-state index in [9.17, 15) is 4.79 Å². The molecule has 2 aromatic rings. The molecule has 1 aliphatic rings. The number of thioether (sulfide) groups is 1. The Balaban J connectivity index is 1.83. The molecule has 21 heavy (non-hydrogen) atoms. The SMILES string of the molecule is CC(=O)N1CCSc2nnc(COc3ccccc3Cl)n21. The van der Waals surface area contributed by atoms with Gasteiger partial charge in [-0.2, -0.15) is 0 Å². The van der Waals surface area contributed by atoms with Crippen LogP contribution >= 0.6 is 23.4 Å². The number of amides is 1. The highest BCUT2D eigenvalue weighted by Gasteiger charge is 2.25. The molecular weight excluding hydrogens is 312 g/mol. The third-order valence-electron chi connectivity index (χ3n) is 3.01. The summed E-state index contributed by atoms with van der Waals surface area (Å²) in [6.45, 7) is 2.35. The van der Waals surface area contributed by atoms with Gasteiger partial charge in [-0.25, -0.2) is 9.69 Å². The zero-order valence-electron chi connectivity index (χ0n) is 11.3. The molecule has 0 unspecified atom stereocenters. The Kier molecular flexibility index (Phi) is 4.03. The van der Waals surface area contributed by atoms with Gasteiger partial charge in [-0.15, -0.1) is 10.2 Å². The van der Waals surface area contributed by atoms with E-state index in [1.807, 2.05) is 12.1 Å². The first-order valence-corrected chi connectivity index (χ1v) is 7.76. The number of rotatable bonds is 3. The van der Waals surface area contributed by atoms with E-state index >= 15 is 0 Å². The van der Waals surface area contributed by atoms with Crippen LogP contribution in [0.3, 0.4) is 0 Å². The number of fused-ring (bicyclic) bond motifs is 1. The van der Waals surface area contributed by atoms with E-state index in [2.05, 4.69) is 10.2 Å². The molecule has 1 aliphatic heterocycles. The van der Waals surface area contributed by atoms with Gasteiger partial charge in [0.15, 0.2) is 5.82 Å². The minimum absolute atomic E-state index is 0.0460. The number of para-hydroxylation sites is 1. The van der Waals surface area contributed by atoms with Crippen LogP contribution in [0.5, 0.6) is 5.75 Å². The highest BCUT2D eigenvalue weighted by atomic mass is 35.5. The van der Waals surface area contributed by atoms with Gasteiger partial charge < -0.3 is 4.74 Å². The Morgan fingerprint density at radius 3 is 3.00 bits per heavy atom. The first-order chi connectivity index (χ1) is 10.2. The van der Waals surface area contributed by atoms with E-state index in [1.54, 1.807) is 33.6 Å². The minimum Gasteiger partial charge on any atom is -0.484 e. The van der Waals surface area contributed by atoms with Gasteiger partial charge in [0.05, 0.1) is 11.6 Å². The Labute approximate surface area is 131 Å². The predicted molar refractivity (Wildman–Crippen MR) is 80.3 cm³/mol. The van der Waals surface area contributed by atoms with Crippen LogP contribution in [-0.4, -0.2) is 33.1 Å². The standard InChI is InChI=1S/C13H13ClN4O2S/c1-9(19)17-6-7-21-13-16-15-12(18(13)17)8-20-11-5-3-2-4-10(11)14/h2-5H,6-8H2,1H3. The largest absolute Gasteiger partial charge is 0.484 e. The van der Waals surface area contributed by atoms with Crippen molar-refractivity contribution in [2.24, 2.45) is 0 Å². The van der Waals surface area contributed by atoms with Gasteiger partial charge in [-0.1, -0.05) is 35.5 Å². The number of carbonyl (C=O) groups excluding carboxylic acids is 1. The van der Waals surface area contributed by atoms with Crippen molar-refractivity contribution in [3.05, 3.63) is 35.1 Å². The normalized spacial score (nSPS) is 13.9. The molecule has 0 fully saturated rings. The second-order valence-electron chi connectivity index (χ2n) is 4.42. The average Bonchev–Trinajstić information content (AvgIpc) is 2.89. The molecule has 0 bridgehead atoms. The molecule has 6 nitrogen and oxygen atoms in total. The van der Waals surface area contributed by atoms with Crippen molar-refractivity contribution in [1.82, 2.24) is 14.9 Å². The Morgan fingerprint density at radius 2 is 2.24 bits per heavy atom. The summed E-state index contributed by atoms with van der Waals surface area (Å²) in [7, 11) is 0. The molecule has 0 spiro atoms. The van der Waals surface area contributed by atoms with Crippen LogP contribution in [0.2, 0.25) is 5.02 Å². The molecule has 1 aromatic carbocycles. The van der Waals surface area contributed by atoms with Crippen molar-refractivity contribution >= 4 is 29.3 Å². The molecule has 1 amide bonds. The maximum Gasteiger partial charge on any atom is 0.238 e. The third-order valence-corrected chi connectivity index (χ3v) is 4.22. The number of hydrogen-bond donors (Lipinski definition) is 0. The van der Waals surface area contributed by atoms with Gasteiger partial charge in [-0.3, -0.25) is 4.79 Å². The number of hydrogen-bond acceptors (Lipinski definition) is 5. The summed E-state index contributed by atoms with van der Waals surface area (Å²) < 4.78 is 7.39. The summed E-state index contributed by atoms with van der Waals surface area (Å²) in [6, 6.07) is 7.22. The molecule has 0 saturated carbocycles.